The van der Waals surface area contributed by atoms with Gasteiger partial charge in [0.15, 0.2) is 22.5 Å². The van der Waals surface area contributed by atoms with Gasteiger partial charge in [-0.2, -0.15) is 0 Å². The van der Waals surface area contributed by atoms with E-state index >= 15 is 0 Å². The molecule has 0 aliphatic carbocycles. The molecule has 29 heavy (non-hydrogen) atoms. The maximum atomic E-state index is 13.8. The molecule has 0 radical (unpaired) electrons. The molecule has 5 nitrogen and oxygen atoms in total. The molecular weight excluding hydrogens is 440 g/mol. The highest BCUT2D eigenvalue weighted by Crippen LogP contribution is 2.37. The third-order valence-electron chi connectivity index (χ3n) is 4.11. The Bertz CT molecular complexity index is 1050. The normalized spacial score (nSPS) is 11.9. The highest BCUT2D eigenvalue weighted by molar-refractivity contribution is 6.36. The maximum absolute atomic E-state index is 13.8. The molecule has 2 aromatic heterocycles. The number of rotatable bonds is 6. The summed E-state index contributed by atoms with van der Waals surface area (Å²) in [5.74, 6) is 0.324. The first kappa shape index (κ1) is 21.4. The number of anilines is 1. The number of halogens is 4. The summed E-state index contributed by atoms with van der Waals surface area (Å²) >= 11 is 18.3. The minimum atomic E-state index is -0.674. The third kappa shape index (κ3) is 4.66. The monoisotopic (exact) mass is 455 g/mol. The number of nitrogen functional groups attached to an aromatic ring is 1. The van der Waals surface area contributed by atoms with Crippen molar-refractivity contribution in [3.05, 3.63) is 63.2 Å². The quantitative estimate of drug-likeness (QED) is 0.345. The second-order valence-corrected chi connectivity index (χ2v) is 7.21. The van der Waals surface area contributed by atoms with Gasteiger partial charge in [-0.1, -0.05) is 34.8 Å². The van der Waals surface area contributed by atoms with Gasteiger partial charge >= 0.3 is 0 Å². The van der Waals surface area contributed by atoms with Gasteiger partial charge in [0.1, 0.15) is 11.9 Å². The summed E-state index contributed by atoms with van der Waals surface area (Å²) in [4.78, 5) is 8.31. The van der Waals surface area contributed by atoms with Crippen LogP contribution >= 0.6 is 34.8 Å². The second kappa shape index (κ2) is 9.03. The molecule has 0 saturated heterocycles. The lowest BCUT2D eigenvalue weighted by molar-refractivity contribution is 0.227. The van der Waals surface area contributed by atoms with E-state index in [1.807, 2.05) is 6.92 Å². The molecule has 0 spiro atoms. The summed E-state index contributed by atoms with van der Waals surface area (Å²) in [6.45, 7) is 3.99. The molecule has 0 unspecified atom stereocenters. The predicted molar refractivity (Wildman–Crippen MR) is 114 cm³/mol. The zero-order chi connectivity index (χ0) is 21.1. The molecule has 1 atom stereocenters. The van der Waals surface area contributed by atoms with Crippen LogP contribution < -0.4 is 15.2 Å². The van der Waals surface area contributed by atoms with E-state index in [0.29, 0.717) is 34.8 Å². The summed E-state index contributed by atoms with van der Waals surface area (Å²) < 4.78 is 25.2. The van der Waals surface area contributed by atoms with Crippen molar-refractivity contribution in [3.63, 3.8) is 0 Å². The Hall–Kier alpha value is -2.28. The summed E-state index contributed by atoms with van der Waals surface area (Å²) in [7, 11) is 0. The molecule has 0 amide bonds. The molecular formula is C20H17Cl3FN3O2. The van der Waals surface area contributed by atoms with E-state index in [4.69, 9.17) is 50.0 Å². The lowest BCUT2D eigenvalue weighted by Crippen LogP contribution is -2.08. The first-order valence-electron chi connectivity index (χ1n) is 8.66. The van der Waals surface area contributed by atoms with Crippen molar-refractivity contribution in [1.82, 2.24) is 9.97 Å². The number of ether oxygens (including phenoxy) is 2. The Balaban J connectivity index is 1.95. The number of hydrogen-bond donors (Lipinski definition) is 1. The molecule has 3 rings (SSSR count). The molecule has 0 fully saturated rings. The van der Waals surface area contributed by atoms with E-state index in [9.17, 15) is 4.39 Å². The van der Waals surface area contributed by atoms with Crippen molar-refractivity contribution < 1.29 is 13.9 Å². The van der Waals surface area contributed by atoms with Crippen LogP contribution in [0.1, 0.15) is 25.5 Å². The molecule has 9 heteroatoms. The Labute approximate surface area is 182 Å². The molecule has 0 bridgehead atoms. The van der Waals surface area contributed by atoms with Gasteiger partial charge in [-0.15, -0.1) is 0 Å². The molecule has 2 N–H and O–H groups in total. The van der Waals surface area contributed by atoms with Gasteiger partial charge in [0, 0.05) is 34.1 Å². The van der Waals surface area contributed by atoms with Crippen molar-refractivity contribution in [1.29, 1.82) is 0 Å². The van der Waals surface area contributed by atoms with Gasteiger partial charge in [-0.05, 0) is 38.1 Å². The molecule has 1 aromatic carbocycles. The van der Waals surface area contributed by atoms with Crippen LogP contribution in [0.5, 0.6) is 11.5 Å². The highest BCUT2D eigenvalue weighted by Gasteiger charge is 2.20. The van der Waals surface area contributed by atoms with Crippen LogP contribution in [0.25, 0.3) is 11.1 Å². The van der Waals surface area contributed by atoms with Crippen LogP contribution in [-0.2, 0) is 0 Å². The van der Waals surface area contributed by atoms with Crippen molar-refractivity contribution in [2.24, 2.45) is 0 Å². The van der Waals surface area contributed by atoms with Crippen LogP contribution in [-0.4, -0.2) is 16.6 Å². The van der Waals surface area contributed by atoms with Crippen LogP contribution in [0.2, 0.25) is 15.2 Å². The molecule has 3 aromatic rings. The number of aromatic nitrogens is 2. The Morgan fingerprint density at radius 2 is 1.72 bits per heavy atom. The van der Waals surface area contributed by atoms with Crippen LogP contribution in [0.3, 0.4) is 0 Å². The van der Waals surface area contributed by atoms with Gasteiger partial charge < -0.3 is 15.2 Å². The van der Waals surface area contributed by atoms with Gasteiger partial charge in [-0.3, -0.25) is 0 Å². The summed E-state index contributed by atoms with van der Waals surface area (Å²) in [5, 5.41) is 0.449. The zero-order valence-electron chi connectivity index (χ0n) is 15.5. The fourth-order valence-corrected chi connectivity index (χ4v) is 3.55. The number of nitrogens with two attached hydrogens (primary N) is 1. The van der Waals surface area contributed by atoms with E-state index in [0.717, 1.165) is 0 Å². The lowest BCUT2D eigenvalue weighted by atomic mass is 10.1. The molecule has 0 aliphatic rings. The lowest BCUT2D eigenvalue weighted by Gasteiger charge is -2.19. The van der Waals surface area contributed by atoms with Crippen LogP contribution in [0.15, 0.2) is 36.7 Å². The second-order valence-electron chi connectivity index (χ2n) is 6.07. The van der Waals surface area contributed by atoms with Gasteiger partial charge in [-0.25, -0.2) is 14.4 Å². The number of hydrogen-bond acceptors (Lipinski definition) is 5. The summed E-state index contributed by atoms with van der Waals surface area (Å²) in [5.41, 5.74) is 7.68. The van der Waals surface area contributed by atoms with Crippen molar-refractivity contribution in [2.75, 3.05) is 12.3 Å². The minimum absolute atomic E-state index is 0.101. The fourth-order valence-electron chi connectivity index (χ4n) is 2.71. The Morgan fingerprint density at radius 1 is 1.07 bits per heavy atom. The van der Waals surface area contributed by atoms with Gasteiger partial charge in [0.2, 0.25) is 0 Å². The summed E-state index contributed by atoms with van der Waals surface area (Å²) in [6, 6.07) is 6.06. The van der Waals surface area contributed by atoms with Crippen molar-refractivity contribution >= 4 is 40.6 Å². The van der Waals surface area contributed by atoms with E-state index in [1.165, 1.54) is 12.1 Å². The Morgan fingerprint density at radius 3 is 2.41 bits per heavy atom. The zero-order valence-corrected chi connectivity index (χ0v) is 17.8. The van der Waals surface area contributed by atoms with Crippen LogP contribution in [0, 0.1) is 5.82 Å². The number of nitrogens with zero attached hydrogens (tertiary/aromatic N) is 2. The fraction of sp³-hybridized carbons (Fsp3) is 0.200. The molecule has 0 aliphatic heterocycles. The predicted octanol–water partition coefficient (Wildman–Crippen LogP) is 6.36. The number of benzene rings is 1. The van der Waals surface area contributed by atoms with Crippen molar-refractivity contribution in [3.8, 4) is 22.6 Å². The topological polar surface area (TPSA) is 70.3 Å². The largest absolute Gasteiger partial charge is 0.491 e. The highest BCUT2D eigenvalue weighted by atomic mass is 35.5. The van der Waals surface area contributed by atoms with Gasteiger partial charge in [0.05, 0.1) is 11.6 Å². The SMILES string of the molecule is CCOc1cc(-c2cnc(N)c(O[C@H](C)c3c(Cl)ccc(F)c3Cl)c2)cnc1Cl. The smallest absolute Gasteiger partial charge is 0.171 e. The first-order valence-corrected chi connectivity index (χ1v) is 9.79. The first-order chi connectivity index (χ1) is 13.8. The maximum Gasteiger partial charge on any atom is 0.171 e. The van der Waals surface area contributed by atoms with Crippen molar-refractivity contribution in [2.45, 2.75) is 20.0 Å². The summed E-state index contributed by atoms with van der Waals surface area (Å²) in [6.07, 6.45) is 2.49. The number of pyridine rings is 2. The standard InChI is InChI=1S/C20H17Cl3FN3O2/c1-3-28-15-6-11(8-26-19(15)23)12-7-16(20(25)27-9-12)29-10(2)17-13(21)4-5-14(24)18(17)22/h4-10H,3H2,1-2H3,(H2,25,27)/t10-/m1/s1. The molecule has 152 valence electrons. The third-order valence-corrected chi connectivity index (χ3v) is 5.11. The van der Waals surface area contributed by atoms with E-state index in [-0.39, 0.29) is 21.0 Å². The molecule has 0 saturated carbocycles. The minimum Gasteiger partial charge on any atom is -0.491 e. The Kier molecular flexibility index (Phi) is 6.67. The van der Waals surface area contributed by atoms with E-state index in [1.54, 1.807) is 31.5 Å². The van der Waals surface area contributed by atoms with E-state index < -0.39 is 11.9 Å². The van der Waals surface area contributed by atoms with Gasteiger partial charge in [0.25, 0.3) is 0 Å². The molecule has 2 heterocycles. The average Bonchev–Trinajstić information content (AvgIpc) is 2.69. The van der Waals surface area contributed by atoms with Crippen LogP contribution in [0.4, 0.5) is 10.2 Å². The van der Waals surface area contributed by atoms with E-state index in [2.05, 4.69) is 9.97 Å². The average molecular weight is 457 g/mol.